The molecule has 0 spiro atoms. The van der Waals surface area contributed by atoms with Gasteiger partial charge in [-0.15, -0.1) is 0 Å². The number of sulfonamides is 1. The van der Waals surface area contributed by atoms with Gasteiger partial charge >= 0.3 is 0 Å². The number of hydrogen-bond donors (Lipinski definition) is 1. The standard InChI is InChI=1S/C22H28N2O5S/c1-17-11-18(2)13-21(12-17)29-15-22(25)23-14-19-5-3-4-6-20(19)16-30(26,27)24-7-9-28-10-8-24/h3-6,11-13H,7-10,14-16H2,1-2H3,(H,23,25). The molecule has 2 aromatic rings. The van der Waals surface area contributed by atoms with Crippen LogP contribution in [0.25, 0.3) is 0 Å². The Bertz CT molecular complexity index is 965. The van der Waals surface area contributed by atoms with Gasteiger partial charge in [0.15, 0.2) is 6.61 Å². The zero-order valence-electron chi connectivity index (χ0n) is 17.4. The highest BCUT2D eigenvalue weighted by atomic mass is 32.2. The van der Waals surface area contributed by atoms with Crippen molar-refractivity contribution in [2.24, 2.45) is 0 Å². The Labute approximate surface area is 178 Å². The van der Waals surface area contributed by atoms with Crippen LogP contribution in [0.5, 0.6) is 5.75 Å². The largest absolute Gasteiger partial charge is 0.484 e. The molecule has 1 N–H and O–H groups in total. The number of nitrogens with one attached hydrogen (secondary N) is 1. The van der Waals surface area contributed by atoms with Crippen molar-refractivity contribution in [2.45, 2.75) is 26.1 Å². The van der Waals surface area contributed by atoms with Crippen LogP contribution in [-0.4, -0.2) is 51.5 Å². The predicted octanol–water partition coefficient (Wildman–Crippen LogP) is 2.16. The molecule has 8 heteroatoms. The molecule has 1 heterocycles. The van der Waals surface area contributed by atoms with Crippen molar-refractivity contribution in [3.8, 4) is 5.75 Å². The number of aryl methyl sites for hydroxylation is 2. The maximum absolute atomic E-state index is 12.7. The third kappa shape index (κ3) is 6.29. The number of carbonyl (C=O) groups excluding carboxylic acids is 1. The average Bonchev–Trinajstić information content (AvgIpc) is 2.71. The van der Waals surface area contributed by atoms with Crippen molar-refractivity contribution in [3.05, 3.63) is 64.7 Å². The van der Waals surface area contributed by atoms with E-state index in [4.69, 9.17) is 9.47 Å². The zero-order valence-corrected chi connectivity index (χ0v) is 18.2. The zero-order chi connectivity index (χ0) is 21.6. The first-order valence-electron chi connectivity index (χ1n) is 9.93. The van der Waals surface area contributed by atoms with Crippen molar-refractivity contribution in [1.82, 2.24) is 9.62 Å². The molecule has 0 radical (unpaired) electrons. The molecule has 0 saturated carbocycles. The summed E-state index contributed by atoms with van der Waals surface area (Å²) in [4.78, 5) is 12.2. The van der Waals surface area contributed by atoms with E-state index in [1.54, 1.807) is 12.1 Å². The summed E-state index contributed by atoms with van der Waals surface area (Å²) in [6.07, 6.45) is 0. The summed E-state index contributed by atoms with van der Waals surface area (Å²) in [7, 11) is -3.44. The summed E-state index contributed by atoms with van der Waals surface area (Å²) in [6, 6.07) is 13.0. The molecular formula is C22H28N2O5S. The topological polar surface area (TPSA) is 84.9 Å². The Kier molecular flexibility index (Phi) is 7.47. The van der Waals surface area contributed by atoms with Gasteiger partial charge in [-0.05, 0) is 48.2 Å². The van der Waals surface area contributed by atoms with Crippen molar-refractivity contribution in [2.75, 3.05) is 32.9 Å². The molecule has 7 nitrogen and oxygen atoms in total. The predicted molar refractivity (Wildman–Crippen MR) is 115 cm³/mol. The highest BCUT2D eigenvalue weighted by Gasteiger charge is 2.25. The number of benzene rings is 2. The van der Waals surface area contributed by atoms with Crippen molar-refractivity contribution in [1.29, 1.82) is 0 Å². The molecule has 2 aromatic carbocycles. The number of rotatable bonds is 8. The second kappa shape index (κ2) is 10.1. The Morgan fingerprint density at radius 3 is 2.37 bits per heavy atom. The van der Waals surface area contributed by atoms with Gasteiger partial charge in [0.05, 0.1) is 19.0 Å². The lowest BCUT2D eigenvalue weighted by Gasteiger charge is -2.26. The highest BCUT2D eigenvalue weighted by molar-refractivity contribution is 7.88. The quantitative estimate of drug-likeness (QED) is 0.691. The SMILES string of the molecule is Cc1cc(C)cc(OCC(=O)NCc2ccccc2CS(=O)(=O)N2CCOCC2)c1. The molecule has 0 unspecified atom stereocenters. The molecule has 0 bridgehead atoms. The van der Waals surface area contributed by atoms with E-state index >= 15 is 0 Å². The fourth-order valence-corrected chi connectivity index (χ4v) is 4.96. The van der Waals surface area contributed by atoms with Crippen LogP contribution >= 0.6 is 0 Å². The summed E-state index contributed by atoms with van der Waals surface area (Å²) in [5, 5.41) is 2.81. The van der Waals surface area contributed by atoms with Crippen molar-refractivity contribution in [3.63, 3.8) is 0 Å². The summed E-state index contributed by atoms with van der Waals surface area (Å²) < 4.78 is 37.7. The summed E-state index contributed by atoms with van der Waals surface area (Å²) in [6.45, 7) is 5.66. The molecule has 3 rings (SSSR count). The molecule has 30 heavy (non-hydrogen) atoms. The van der Waals surface area contributed by atoms with Gasteiger partial charge in [-0.3, -0.25) is 4.79 Å². The molecule has 1 amide bonds. The van der Waals surface area contributed by atoms with Gasteiger partial charge in [-0.25, -0.2) is 8.42 Å². The molecule has 0 aliphatic carbocycles. The number of hydrogen-bond acceptors (Lipinski definition) is 5. The van der Waals surface area contributed by atoms with Crippen LogP contribution in [0.15, 0.2) is 42.5 Å². The van der Waals surface area contributed by atoms with Crippen LogP contribution in [0.1, 0.15) is 22.3 Å². The van der Waals surface area contributed by atoms with Gasteiger partial charge in [0.2, 0.25) is 10.0 Å². The summed E-state index contributed by atoms with van der Waals surface area (Å²) in [5.74, 6) is 0.289. The molecule has 1 aliphatic rings. The van der Waals surface area contributed by atoms with E-state index in [2.05, 4.69) is 5.32 Å². The fraction of sp³-hybridized carbons (Fsp3) is 0.409. The maximum atomic E-state index is 12.7. The number of amides is 1. The highest BCUT2D eigenvalue weighted by Crippen LogP contribution is 2.17. The lowest BCUT2D eigenvalue weighted by atomic mass is 10.1. The minimum absolute atomic E-state index is 0.0991. The van der Waals surface area contributed by atoms with Crippen LogP contribution in [0.4, 0.5) is 0 Å². The third-order valence-corrected chi connectivity index (χ3v) is 6.69. The van der Waals surface area contributed by atoms with Crippen molar-refractivity contribution < 1.29 is 22.7 Å². The average molecular weight is 433 g/mol. The molecule has 1 saturated heterocycles. The van der Waals surface area contributed by atoms with E-state index in [0.29, 0.717) is 37.6 Å². The van der Waals surface area contributed by atoms with Gasteiger partial charge in [0, 0.05) is 19.6 Å². The van der Waals surface area contributed by atoms with Crippen LogP contribution in [0.3, 0.4) is 0 Å². The third-order valence-electron chi connectivity index (χ3n) is 4.86. The fourth-order valence-electron chi connectivity index (χ4n) is 3.39. The number of ether oxygens (including phenoxy) is 2. The number of morpholine rings is 1. The first kappa shape index (κ1) is 22.3. The van der Waals surface area contributed by atoms with Gasteiger partial charge in [-0.2, -0.15) is 4.31 Å². The lowest BCUT2D eigenvalue weighted by molar-refractivity contribution is -0.123. The van der Waals surface area contributed by atoms with Crippen LogP contribution in [0, 0.1) is 13.8 Å². The summed E-state index contributed by atoms with van der Waals surface area (Å²) >= 11 is 0. The number of nitrogens with zero attached hydrogens (tertiary/aromatic N) is 1. The molecule has 1 fully saturated rings. The smallest absolute Gasteiger partial charge is 0.258 e. The minimum atomic E-state index is -3.44. The van der Waals surface area contributed by atoms with Gasteiger partial charge < -0.3 is 14.8 Å². The monoisotopic (exact) mass is 432 g/mol. The molecule has 0 aromatic heterocycles. The van der Waals surface area contributed by atoms with Gasteiger partial charge in [-0.1, -0.05) is 30.3 Å². The van der Waals surface area contributed by atoms with Crippen molar-refractivity contribution >= 4 is 15.9 Å². The number of carbonyl (C=O) groups is 1. The van der Waals surface area contributed by atoms with E-state index in [1.807, 2.05) is 44.2 Å². The van der Waals surface area contributed by atoms with Crippen LogP contribution in [-0.2, 0) is 31.9 Å². The van der Waals surface area contributed by atoms with E-state index in [9.17, 15) is 13.2 Å². The van der Waals surface area contributed by atoms with E-state index in [-0.39, 0.29) is 24.8 Å². The molecular weight excluding hydrogens is 404 g/mol. The normalized spacial score (nSPS) is 15.0. The lowest BCUT2D eigenvalue weighted by Crippen LogP contribution is -2.41. The first-order chi connectivity index (χ1) is 14.3. The van der Waals surface area contributed by atoms with E-state index in [0.717, 1.165) is 16.7 Å². The van der Waals surface area contributed by atoms with Crippen LogP contribution < -0.4 is 10.1 Å². The van der Waals surface area contributed by atoms with E-state index < -0.39 is 10.0 Å². The Balaban J connectivity index is 1.57. The molecule has 1 aliphatic heterocycles. The second-order valence-electron chi connectivity index (χ2n) is 7.43. The minimum Gasteiger partial charge on any atom is -0.484 e. The van der Waals surface area contributed by atoms with Gasteiger partial charge in [0.25, 0.3) is 5.91 Å². The molecule has 162 valence electrons. The van der Waals surface area contributed by atoms with Gasteiger partial charge in [0.1, 0.15) is 5.75 Å². The first-order valence-corrected chi connectivity index (χ1v) is 11.5. The Hall–Kier alpha value is -2.42. The van der Waals surface area contributed by atoms with Crippen LogP contribution in [0.2, 0.25) is 0 Å². The molecule has 0 atom stereocenters. The second-order valence-corrected chi connectivity index (χ2v) is 9.39. The maximum Gasteiger partial charge on any atom is 0.258 e. The Morgan fingerprint density at radius 2 is 1.70 bits per heavy atom. The summed E-state index contributed by atoms with van der Waals surface area (Å²) in [5.41, 5.74) is 3.59. The van der Waals surface area contributed by atoms with E-state index in [1.165, 1.54) is 4.31 Å². The Morgan fingerprint density at radius 1 is 1.07 bits per heavy atom.